The van der Waals surface area contributed by atoms with Crippen molar-refractivity contribution in [1.29, 1.82) is 0 Å². The van der Waals surface area contributed by atoms with Gasteiger partial charge in [0.2, 0.25) is 0 Å². The molecule has 2 N–H and O–H groups in total. The Morgan fingerprint density at radius 2 is 1.94 bits per heavy atom. The Balaban J connectivity index is 2.36. The van der Waals surface area contributed by atoms with E-state index in [4.69, 9.17) is 5.73 Å². The zero-order chi connectivity index (χ0) is 12.3. The van der Waals surface area contributed by atoms with Crippen LogP contribution in [0.25, 0.3) is 0 Å². The van der Waals surface area contributed by atoms with Gasteiger partial charge in [0, 0.05) is 25.5 Å². The summed E-state index contributed by atoms with van der Waals surface area (Å²) in [6, 6.07) is 12.2. The van der Waals surface area contributed by atoms with Gasteiger partial charge in [0.15, 0.2) is 0 Å². The van der Waals surface area contributed by atoms with Gasteiger partial charge in [0.05, 0.1) is 0 Å². The van der Waals surface area contributed by atoms with Gasteiger partial charge in [-0.2, -0.15) is 0 Å². The standard InChI is InChI=1S/C14H17N3/c1-11-7-8-14(16-10-11)17(2)13-6-4-3-5-12(13)9-15/h3-8,10H,9,15H2,1-2H3. The van der Waals surface area contributed by atoms with E-state index in [1.54, 1.807) is 0 Å². The minimum absolute atomic E-state index is 0.534. The Morgan fingerprint density at radius 1 is 1.18 bits per heavy atom. The number of benzene rings is 1. The van der Waals surface area contributed by atoms with Crippen LogP contribution in [0.1, 0.15) is 11.1 Å². The molecule has 88 valence electrons. The first kappa shape index (κ1) is 11.6. The minimum atomic E-state index is 0.534. The largest absolute Gasteiger partial charge is 0.329 e. The third-order valence-corrected chi connectivity index (χ3v) is 2.81. The number of pyridine rings is 1. The molecule has 0 aliphatic rings. The van der Waals surface area contributed by atoms with Crippen molar-refractivity contribution in [3.63, 3.8) is 0 Å². The number of para-hydroxylation sites is 1. The molecule has 0 spiro atoms. The molecular weight excluding hydrogens is 210 g/mol. The molecule has 2 rings (SSSR count). The lowest BCUT2D eigenvalue weighted by Crippen LogP contribution is -2.14. The first-order valence-electron chi connectivity index (χ1n) is 5.66. The van der Waals surface area contributed by atoms with Crippen molar-refractivity contribution in [3.05, 3.63) is 53.7 Å². The van der Waals surface area contributed by atoms with Crippen molar-refractivity contribution in [2.75, 3.05) is 11.9 Å². The maximum Gasteiger partial charge on any atom is 0.132 e. The molecule has 17 heavy (non-hydrogen) atoms. The highest BCUT2D eigenvalue weighted by molar-refractivity contribution is 5.63. The van der Waals surface area contributed by atoms with Crippen LogP contribution in [-0.4, -0.2) is 12.0 Å². The zero-order valence-electron chi connectivity index (χ0n) is 10.2. The first-order chi connectivity index (χ1) is 8.22. The van der Waals surface area contributed by atoms with E-state index in [1.165, 1.54) is 0 Å². The predicted octanol–water partition coefficient (Wildman–Crippen LogP) is 2.62. The number of hydrogen-bond donors (Lipinski definition) is 1. The normalized spacial score (nSPS) is 10.3. The molecular formula is C14H17N3. The van der Waals surface area contributed by atoms with E-state index in [9.17, 15) is 0 Å². The Kier molecular flexibility index (Phi) is 3.40. The number of anilines is 2. The summed E-state index contributed by atoms with van der Waals surface area (Å²) in [7, 11) is 2.01. The molecule has 0 aliphatic carbocycles. The van der Waals surface area contributed by atoms with Gasteiger partial charge >= 0.3 is 0 Å². The van der Waals surface area contributed by atoms with Gasteiger partial charge in [-0.1, -0.05) is 24.3 Å². The molecule has 0 atom stereocenters. The lowest BCUT2D eigenvalue weighted by molar-refractivity contribution is 1.03. The van der Waals surface area contributed by atoms with E-state index in [-0.39, 0.29) is 0 Å². The predicted molar refractivity (Wildman–Crippen MR) is 71.4 cm³/mol. The summed E-state index contributed by atoms with van der Waals surface area (Å²) in [5.41, 5.74) is 9.13. The average molecular weight is 227 g/mol. The summed E-state index contributed by atoms with van der Waals surface area (Å²) in [5.74, 6) is 0.927. The monoisotopic (exact) mass is 227 g/mol. The average Bonchev–Trinajstić information content (AvgIpc) is 2.39. The maximum atomic E-state index is 5.74. The quantitative estimate of drug-likeness (QED) is 0.876. The smallest absolute Gasteiger partial charge is 0.132 e. The van der Waals surface area contributed by atoms with Crippen molar-refractivity contribution < 1.29 is 0 Å². The SMILES string of the molecule is Cc1ccc(N(C)c2ccccc2CN)nc1. The topological polar surface area (TPSA) is 42.1 Å². The molecule has 0 unspecified atom stereocenters. The highest BCUT2D eigenvalue weighted by Gasteiger charge is 2.08. The number of nitrogens with two attached hydrogens (primary N) is 1. The highest BCUT2D eigenvalue weighted by Crippen LogP contribution is 2.25. The summed E-state index contributed by atoms with van der Waals surface area (Å²) in [6.07, 6.45) is 1.87. The molecule has 2 aromatic rings. The highest BCUT2D eigenvalue weighted by atomic mass is 15.2. The van der Waals surface area contributed by atoms with E-state index < -0.39 is 0 Å². The third-order valence-electron chi connectivity index (χ3n) is 2.81. The molecule has 0 bridgehead atoms. The van der Waals surface area contributed by atoms with Crippen molar-refractivity contribution in [2.45, 2.75) is 13.5 Å². The molecule has 0 aliphatic heterocycles. The molecule has 0 fully saturated rings. The summed E-state index contributed by atoms with van der Waals surface area (Å²) < 4.78 is 0. The Hall–Kier alpha value is -1.87. The second kappa shape index (κ2) is 4.97. The Morgan fingerprint density at radius 3 is 2.59 bits per heavy atom. The number of aromatic nitrogens is 1. The van der Waals surface area contributed by atoms with Crippen LogP contribution in [0.5, 0.6) is 0 Å². The van der Waals surface area contributed by atoms with Crippen LogP contribution in [0, 0.1) is 6.92 Å². The fraction of sp³-hybridized carbons (Fsp3) is 0.214. The number of hydrogen-bond acceptors (Lipinski definition) is 3. The second-order valence-corrected chi connectivity index (χ2v) is 4.09. The third kappa shape index (κ3) is 2.45. The van der Waals surface area contributed by atoms with Crippen LogP contribution in [0.15, 0.2) is 42.6 Å². The van der Waals surface area contributed by atoms with E-state index in [2.05, 4.69) is 22.0 Å². The fourth-order valence-electron chi connectivity index (χ4n) is 1.79. The van der Waals surface area contributed by atoms with Gasteiger partial charge in [-0.05, 0) is 30.2 Å². The molecule has 0 amide bonds. The minimum Gasteiger partial charge on any atom is -0.329 e. The van der Waals surface area contributed by atoms with Gasteiger partial charge in [-0.3, -0.25) is 0 Å². The number of nitrogens with zero attached hydrogens (tertiary/aromatic N) is 2. The van der Waals surface area contributed by atoms with E-state index in [0.717, 1.165) is 22.6 Å². The van der Waals surface area contributed by atoms with Gasteiger partial charge in [-0.25, -0.2) is 4.98 Å². The molecule has 0 radical (unpaired) electrons. The van der Waals surface area contributed by atoms with Crippen LogP contribution >= 0.6 is 0 Å². The van der Waals surface area contributed by atoms with Crippen LogP contribution in [0.4, 0.5) is 11.5 Å². The van der Waals surface area contributed by atoms with Crippen LogP contribution in [0.3, 0.4) is 0 Å². The molecule has 0 saturated heterocycles. The zero-order valence-corrected chi connectivity index (χ0v) is 10.2. The van der Waals surface area contributed by atoms with E-state index in [0.29, 0.717) is 6.54 Å². The molecule has 1 aromatic heterocycles. The van der Waals surface area contributed by atoms with Gasteiger partial charge < -0.3 is 10.6 Å². The van der Waals surface area contributed by atoms with Gasteiger partial charge in [-0.15, -0.1) is 0 Å². The van der Waals surface area contributed by atoms with Crippen molar-refractivity contribution in [2.24, 2.45) is 5.73 Å². The number of aryl methyl sites for hydroxylation is 1. The Labute approximate surface area is 102 Å². The second-order valence-electron chi connectivity index (χ2n) is 4.09. The van der Waals surface area contributed by atoms with Crippen LogP contribution in [0.2, 0.25) is 0 Å². The summed E-state index contributed by atoms with van der Waals surface area (Å²) in [4.78, 5) is 6.47. The van der Waals surface area contributed by atoms with Crippen LogP contribution < -0.4 is 10.6 Å². The van der Waals surface area contributed by atoms with Gasteiger partial charge in [0.1, 0.15) is 5.82 Å². The summed E-state index contributed by atoms with van der Waals surface area (Å²) in [6.45, 7) is 2.57. The summed E-state index contributed by atoms with van der Waals surface area (Å²) in [5, 5.41) is 0. The number of rotatable bonds is 3. The van der Waals surface area contributed by atoms with Crippen LogP contribution in [-0.2, 0) is 6.54 Å². The molecule has 0 saturated carbocycles. The van der Waals surface area contributed by atoms with Gasteiger partial charge in [0.25, 0.3) is 0 Å². The van der Waals surface area contributed by atoms with Crippen molar-refractivity contribution >= 4 is 11.5 Å². The van der Waals surface area contributed by atoms with E-state index in [1.807, 2.05) is 44.4 Å². The van der Waals surface area contributed by atoms with Crippen molar-refractivity contribution in [3.8, 4) is 0 Å². The van der Waals surface area contributed by atoms with Crippen molar-refractivity contribution in [1.82, 2.24) is 4.98 Å². The molecule has 3 heteroatoms. The lowest BCUT2D eigenvalue weighted by Gasteiger charge is -2.21. The summed E-state index contributed by atoms with van der Waals surface area (Å²) >= 11 is 0. The fourth-order valence-corrected chi connectivity index (χ4v) is 1.79. The lowest BCUT2D eigenvalue weighted by atomic mass is 10.1. The molecule has 1 aromatic carbocycles. The molecule has 3 nitrogen and oxygen atoms in total. The maximum absolute atomic E-state index is 5.74. The first-order valence-corrected chi connectivity index (χ1v) is 5.66. The molecule has 1 heterocycles. The Bertz CT molecular complexity index is 491. The van der Waals surface area contributed by atoms with E-state index >= 15 is 0 Å².